The SMILES string of the molecule is CCC(CC)(CC)NS(=O)(=O)c1cc(CN)ccc1C. The molecule has 0 aliphatic heterocycles. The van der Waals surface area contributed by atoms with Crippen LogP contribution in [0.15, 0.2) is 23.1 Å². The molecule has 4 nitrogen and oxygen atoms in total. The number of benzene rings is 1. The van der Waals surface area contributed by atoms with E-state index in [1.165, 1.54) is 0 Å². The molecule has 0 unspecified atom stereocenters. The molecule has 0 saturated heterocycles. The van der Waals surface area contributed by atoms with Gasteiger partial charge in [-0.25, -0.2) is 13.1 Å². The first-order chi connectivity index (χ1) is 9.34. The third-order valence-corrected chi connectivity index (χ3v) is 5.88. The Kier molecular flexibility index (Phi) is 5.74. The number of sulfonamides is 1. The molecule has 114 valence electrons. The molecule has 1 aromatic rings. The predicted molar refractivity (Wildman–Crippen MR) is 83.0 cm³/mol. The van der Waals surface area contributed by atoms with Crippen molar-refractivity contribution in [2.45, 2.75) is 63.9 Å². The van der Waals surface area contributed by atoms with Gasteiger partial charge in [-0.2, -0.15) is 0 Å². The van der Waals surface area contributed by atoms with E-state index >= 15 is 0 Å². The van der Waals surface area contributed by atoms with Crippen LogP contribution in [0.2, 0.25) is 0 Å². The number of rotatable bonds is 7. The molecule has 0 amide bonds. The number of nitrogens with two attached hydrogens (primary N) is 1. The van der Waals surface area contributed by atoms with Crippen LogP contribution in [0.1, 0.15) is 51.2 Å². The van der Waals surface area contributed by atoms with Crippen molar-refractivity contribution in [2.75, 3.05) is 0 Å². The quantitative estimate of drug-likeness (QED) is 0.813. The second kappa shape index (κ2) is 6.70. The molecule has 20 heavy (non-hydrogen) atoms. The van der Waals surface area contributed by atoms with E-state index in [1.54, 1.807) is 13.0 Å². The summed E-state index contributed by atoms with van der Waals surface area (Å²) in [5, 5.41) is 0. The van der Waals surface area contributed by atoms with Crippen molar-refractivity contribution in [3.05, 3.63) is 29.3 Å². The zero-order chi connectivity index (χ0) is 15.4. The molecular formula is C15H26N2O2S. The van der Waals surface area contributed by atoms with Crippen LogP contribution >= 0.6 is 0 Å². The lowest BCUT2D eigenvalue weighted by Gasteiger charge is -2.31. The van der Waals surface area contributed by atoms with Gasteiger partial charge in [-0.1, -0.05) is 32.9 Å². The Morgan fingerprint density at radius 3 is 2.15 bits per heavy atom. The van der Waals surface area contributed by atoms with Gasteiger partial charge in [0.25, 0.3) is 0 Å². The maximum absolute atomic E-state index is 12.7. The smallest absolute Gasteiger partial charge is 0.241 e. The van der Waals surface area contributed by atoms with Crippen LogP contribution in [0.4, 0.5) is 0 Å². The average Bonchev–Trinajstić information content (AvgIpc) is 2.45. The number of hydrogen-bond acceptors (Lipinski definition) is 3. The number of nitrogens with one attached hydrogen (secondary N) is 1. The fraction of sp³-hybridized carbons (Fsp3) is 0.600. The minimum absolute atomic E-state index is 0.333. The van der Waals surface area contributed by atoms with Crippen LogP contribution in [0.5, 0.6) is 0 Å². The highest BCUT2D eigenvalue weighted by atomic mass is 32.2. The first-order valence-electron chi connectivity index (χ1n) is 7.17. The minimum Gasteiger partial charge on any atom is -0.326 e. The van der Waals surface area contributed by atoms with E-state index in [0.717, 1.165) is 30.4 Å². The summed E-state index contributed by atoms with van der Waals surface area (Å²) >= 11 is 0. The van der Waals surface area contributed by atoms with Gasteiger partial charge in [0, 0.05) is 12.1 Å². The summed E-state index contributed by atoms with van der Waals surface area (Å²) in [6.07, 6.45) is 2.32. The van der Waals surface area contributed by atoms with Crippen LogP contribution in [0, 0.1) is 6.92 Å². The summed E-state index contributed by atoms with van der Waals surface area (Å²) in [6.45, 7) is 8.18. The lowest BCUT2D eigenvalue weighted by atomic mass is 9.91. The van der Waals surface area contributed by atoms with Crippen molar-refractivity contribution >= 4 is 10.0 Å². The van der Waals surface area contributed by atoms with Gasteiger partial charge in [0.15, 0.2) is 0 Å². The van der Waals surface area contributed by atoms with Crippen molar-refractivity contribution in [1.82, 2.24) is 4.72 Å². The molecule has 3 N–H and O–H groups in total. The molecule has 0 bridgehead atoms. The van der Waals surface area contributed by atoms with Gasteiger partial charge < -0.3 is 5.73 Å². The van der Waals surface area contributed by atoms with Gasteiger partial charge in [0.05, 0.1) is 4.90 Å². The van der Waals surface area contributed by atoms with Crippen LogP contribution in [-0.4, -0.2) is 14.0 Å². The molecule has 0 aliphatic carbocycles. The maximum atomic E-state index is 12.7. The zero-order valence-corrected chi connectivity index (χ0v) is 13.7. The molecule has 0 atom stereocenters. The van der Waals surface area contributed by atoms with E-state index in [1.807, 2.05) is 32.9 Å². The Bertz CT molecular complexity index is 541. The molecule has 0 heterocycles. The average molecular weight is 298 g/mol. The third kappa shape index (κ3) is 3.59. The van der Waals surface area contributed by atoms with Gasteiger partial charge in [0.2, 0.25) is 10.0 Å². The standard InChI is InChI=1S/C15H26N2O2S/c1-5-15(6-2,7-3)17-20(18,19)14-10-13(11-16)9-8-12(14)4/h8-10,17H,5-7,11,16H2,1-4H3. The van der Waals surface area contributed by atoms with E-state index in [-0.39, 0.29) is 5.54 Å². The maximum Gasteiger partial charge on any atom is 0.241 e. The van der Waals surface area contributed by atoms with E-state index in [0.29, 0.717) is 11.4 Å². The molecule has 1 rings (SSSR count). The van der Waals surface area contributed by atoms with E-state index in [2.05, 4.69) is 4.72 Å². The first-order valence-corrected chi connectivity index (χ1v) is 8.66. The molecule has 0 spiro atoms. The summed E-state index contributed by atoms with van der Waals surface area (Å²) in [5.41, 5.74) is 6.80. The highest BCUT2D eigenvalue weighted by Crippen LogP contribution is 2.24. The van der Waals surface area contributed by atoms with E-state index in [9.17, 15) is 8.42 Å². The van der Waals surface area contributed by atoms with Gasteiger partial charge >= 0.3 is 0 Å². The molecule has 5 heteroatoms. The summed E-state index contributed by atoms with van der Waals surface area (Å²) in [5.74, 6) is 0. The zero-order valence-electron chi connectivity index (χ0n) is 12.9. The minimum atomic E-state index is -3.52. The first kappa shape index (κ1) is 17.1. The Hall–Kier alpha value is -0.910. The van der Waals surface area contributed by atoms with Crippen LogP contribution in [0.3, 0.4) is 0 Å². The van der Waals surface area contributed by atoms with Crippen molar-refractivity contribution in [3.8, 4) is 0 Å². The lowest BCUT2D eigenvalue weighted by Crippen LogP contribution is -2.47. The summed E-state index contributed by atoms with van der Waals surface area (Å²) in [6, 6.07) is 5.34. The fourth-order valence-electron chi connectivity index (χ4n) is 2.37. The van der Waals surface area contributed by atoms with E-state index < -0.39 is 10.0 Å². The van der Waals surface area contributed by atoms with Crippen molar-refractivity contribution in [3.63, 3.8) is 0 Å². The lowest BCUT2D eigenvalue weighted by molar-refractivity contribution is 0.341. The Morgan fingerprint density at radius 2 is 1.70 bits per heavy atom. The predicted octanol–water partition coefficient (Wildman–Crippen LogP) is 2.70. The Labute approximate surface area is 122 Å². The highest BCUT2D eigenvalue weighted by molar-refractivity contribution is 7.89. The molecule has 1 aromatic carbocycles. The fourth-order valence-corrected chi connectivity index (χ4v) is 4.28. The van der Waals surface area contributed by atoms with Crippen LogP contribution in [-0.2, 0) is 16.6 Å². The van der Waals surface area contributed by atoms with E-state index in [4.69, 9.17) is 5.73 Å². The third-order valence-electron chi connectivity index (χ3n) is 4.16. The van der Waals surface area contributed by atoms with Crippen molar-refractivity contribution in [2.24, 2.45) is 5.73 Å². The molecular weight excluding hydrogens is 272 g/mol. The molecule has 0 aliphatic rings. The molecule has 0 fully saturated rings. The van der Waals surface area contributed by atoms with Crippen LogP contribution in [0.25, 0.3) is 0 Å². The van der Waals surface area contributed by atoms with Gasteiger partial charge in [-0.15, -0.1) is 0 Å². The summed E-state index contributed by atoms with van der Waals surface area (Å²) in [7, 11) is -3.52. The normalized spacial score (nSPS) is 12.7. The molecule has 0 aromatic heterocycles. The topological polar surface area (TPSA) is 72.2 Å². The Morgan fingerprint density at radius 1 is 1.15 bits per heavy atom. The largest absolute Gasteiger partial charge is 0.326 e. The molecule has 0 radical (unpaired) electrons. The van der Waals surface area contributed by atoms with Gasteiger partial charge in [-0.05, 0) is 43.4 Å². The van der Waals surface area contributed by atoms with Gasteiger partial charge in [-0.3, -0.25) is 0 Å². The second-order valence-electron chi connectivity index (χ2n) is 5.25. The Balaban J connectivity index is 3.23. The van der Waals surface area contributed by atoms with Crippen LogP contribution < -0.4 is 10.5 Å². The second-order valence-corrected chi connectivity index (χ2v) is 6.90. The monoisotopic (exact) mass is 298 g/mol. The summed E-state index contributed by atoms with van der Waals surface area (Å²) < 4.78 is 28.2. The van der Waals surface area contributed by atoms with Crippen molar-refractivity contribution in [1.29, 1.82) is 0 Å². The summed E-state index contributed by atoms with van der Waals surface area (Å²) in [4.78, 5) is 0.333. The number of aryl methyl sites for hydroxylation is 1. The van der Waals surface area contributed by atoms with Crippen molar-refractivity contribution < 1.29 is 8.42 Å². The number of hydrogen-bond donors (Lipinski definition) is 2. The highest BCUT2D eigenvalue weighted by Gasteiger charge is 2.31. The van der Waals surface area contributed by atoms with Gasteiger partial charge in [0.1, 0.15) is 0 Å². The molecule has 0 saturated carbocycles.